The molecule has 1 fully saturated rings. The van der Waals surface area contributed by atoms with E-state index in [-0.39, 0.29) is 0 Å². The van der Waals surface area contributed by atoms with Gasteiger partial charge in [0.15, 0.2) is 11.5 Å². The van der Waals surface area contributed by atoms with Crippen molar-refractivity contribution in [1.29, 1.82) is 0 Å². The largest absolute Gasteiger partial charge is 0.486 e. The highest BCUT2D eigenvalue weighted by molar-refractivity contribution is 5.45. The lowest BCUT2D eigenvalue weighted by Gasteiger charge is -2.18. The SMILES string of the molecule is c1cc2c(cc1C1CC1)OCCO2. The van der Waals surface area contributed by atoms with Crippen LogP contribution in [0.4, 0.5) is 0 Å². The molecule has 0 atom stereocenters. The Kier molecular flexibility index (Phi) is 1.48. The molecule has 0 N–H and O–H groups in total. The maximum Gasteiger partial charge on any atom is 0.161 e. The van der Waals surface area contributed by atoms with Crippen molar-refractivity contribution in [3.05, 3.63) is 23.8 Å². The molecule has 1 aromatic rings. The number of hydrogen-bond donors (Lipinski definition) is 0. The van der Waals surface area contributed by atoms with Gasteiger partial charge in [0, 0.05) is 0 Å². The van der Waals surface area contributed by atoms with Gasteiger partial charge in [-0.2, -0.15) is 0 Å². The van der Waals surface area contributed by atoms with Crippen molar-refractivity contribution in [1.82, 2.24) is 0 Å². The average molecular weight is 176 g/mol. The van der Waals surface area contributed by atoms with Gasteiger partial charge in [0.05, 0.1) is 0 Å². The third-order valence-corrected chi connectivity index (χ3v) is 2.61. The van der Waals surface area contributed by atoms with E-state index in [1.807, 2.05) is 6.07 Å². The standard InChI is InChI=1S/C11H12O2/c1-2-8(1)9-3-4-10-11(7-9)13-6-5-12-10/h3-4,7-8H,1-2,5-6H2. The molecular formula is C11H12O2. The fourth-order valence-corrected chi connectivity index (χ4v) is 1.73. The maximum atomic E-state index is 5.52. The normalized spacial score (nSPS) is 20.0. The van der Waals surface area contributed by atoms with Gasteiger partial charge in [-0.3, -0.25) is 0 Å². The Hall–Kier alpha value is -1.18. The van der Waals surface area contributed by atoms with E-state index in [1.165, 1.54) is 18.4 Å². The first-order valence-electron chi connectivity index (χ1n) is 4.83. The van der Waals surface area contributed by atoms with E-state index >= 15 is 0 Å². The van der Waals surface area contributed by atoms with Crippen LogP contribution in [0.15, 0.2) is 18.2 Å². The second-order valence-electron chi connectivity index (χ2n) is 3.68. The molecule has 0 aromatic heterocycles. The Balaban J connectivity index is 1.98. The summed E-state index contributed by atoms with van der Waals surface area (Å²) < 4.78 is 11.0. The van der Waals surface area contributed by atoms with Crippen LogP contribution in [0.3, 0.4) is 0 Å². The van der Waals surface area contributed by atoms with Crippen LogP contribution in [-0.4, -0.2) is 13.2 Å². The quantitative estimate of drug-likeness (QED) is 0.653. The fourth-order valence-electron chi connectivity index (χ4n) is 1.73. The summed E-state index contributed by atoms with van der Waals surface area (Å²) in [5, 5.41) is 0. The van der Waals surface area contributed by atoms with Crippen LogP contribution >= 0.6 is 0 Å². The van der Waals surface area contributed by atoms with Gasteiger partial charge in [-0.25, -0.2) is 0 Å². The number of benzene rings is 1. The van der Waals surface area contributed by atoms with Crippen molar-refractivity contribution < 1.29 is 9.47 Å². The molecule has 68 valence electrons. The van der Waals surface area contributed by atoms with Gasteiger partial charge in [-0.1, -0.05) is 6.07 Å². The summed E-state index contributed by atoms with van der Waals surface area (Å²) in [5.74, 6) is 2.61. The summed E-state index contributed by atoms with van der Waals surface area (Å²) >= 11 is 0. The number of rotatable bonds is 1. The molecule has 0 unspecified atom stereocenters. The van der Waals surface area contributed by atoms with Crippen molar-refractivity contribution in [2.75, 3.05) is 13.2 Å². The summed E-state index contributed by atoms with van der Waals surface area (Å²) in [7, 11) is 0. The highest BCUT2D eigenvalue weighted by Crippen LogP contribution is 2.43. The average Bonchev–Trinajstić information content (AvgIpc) is 3.00. The minimum absolute atomic E-state index is 0.676. The van der Waals surface area contributed by atoms with Gasteiger partial charge < -0.3 is 9.47 Å². The minimum Gasteiger partial charge on any atom is -0.486 e. The van der Waals surface area contributed by atoms with Crippen molar-refractivity contribution in [2.24, 2.45) is 0 Å². The van der Waals surface area contributed by atoms with E-state index in [9.17, 15) is 0 Å². The summed E-state index contributed by atoms with van der Waals surface area (Å²) in [4.78, 5) is 0. The molecule has 0 bridgehead atoms. The van der Waals surface area contributed by atoms with Crippen LogP contribution in [0.1, 0.15) is 24.3 Å². The predicted molar refractivity (Wildman–Crippen MR) is 49.4 cm³/mol. The van der Waals surface area contributed by atoms with Gasteiger partial charge in [0.25, 0.3) is 0 Å². The Morgan fingerprint density at radius 1 is 1.00 bits per heavy atom. The zero-order valence-electron chi connectivity index (χ0n) is 7.45. The number of hydrogen-bond acceptors (Lipinski definition) is 2. The molecule has 2 nitrogen and oxygen atoms in total. The van der Waals surface area contributed by atoms with Crippen LogP contribution in [-0.2, 0) is 0 Å². The van der Waals surface area contributed by atoms with Crippen LogP contribution < -0.4 is 9.47 Å². The van der Waals surface area contributed by atoms with E-state index in [1.54, 1.807) is 0 Å². The van der Waals surface area contributed by atoms with Crippen molar-refractivity contribution in [3.63, 3.8) is 0 Å². The van der Waals surface area contributed by atoms with Gasteiger partial charge in [0.2, 0.25) is 0 Å². The van der Waals surface area contributed by atoms with E-state index in [0.717, 1.165) is 17.4 Å². The first-order valence-corrected chi connectivity index (χ1v) is 4.83. The van der Waals surface area contributed by atoms with Gasteiger partial charge >= 0.3 is 0 Å². The van der Waals surface area contributed by atoms with Crippen LogP contribution in [0.25, 0.3) is 0 Å². The molecular weight excluding hydrogens is 164 g/mol. The van der Waals surface area contributed by atoms with Gasteiger partial charge in [-0.15, -0.1) is 0 Å². The highest BCUT2D eigenvalue weighted by Gasteiger charge is 2.25. The summed E-state index contributed by atoms with van der Waals surface area (Å²) in [5.41, 5.74) is 1.41. The second kappa shape index (κ2) is 2.66. The zero-order chi connectivity index (χ0) is 8.67. The summed E-state index contributed by atoms with van der Waals surface area (Å²) in [6.45, 7) is 1.36. The Morgan fingerprint density at radius 3 is 2.54 bits per heavy atom. The second-order valence-corrected chi connectivity index (χ2v) is 3.68. The Bertz CT molecular complexity index is 329. The molecule has 13 heavy (non-hydrogen) atoms. The maximum absolute atomic E-state index is 5.52. The monoisotopic (exact) mass is 176 g/mol. The predicted octanol–water partition coefficient (Wildman–Crippen LogP) is 2.34. The molecule has 0 amide bonds. The van der Waals surface area contributed by atoms with E-state index < -0.39 is 0 Å². The van der Waals surface area contributed by atoms with Crippen LogP contribution in [0.2, 0.25) is 0 Å². The molecule has 0 spiro atoms. The first-order chi connectivity index (χ1) is 6.43. The topological polar surface area (TPSA) is 18.5 Å². The molecule has 0 radical (unpaired) electrons. The van der Waals surface area contributed by atoms with Crippen molar-refractivity contribution in [2.45, 2.75) is 18.8 Å². The van der Waals surface area contributed by atoms with Crippen LogP contribution in [0, 0.1) is 0 Å². The molecule has 2 heteroatoms. The van der Waals surface area contributed by atoms with Gasteiger partial charge in [-0.05, 0) is 36.5 Å². The van der Waals surface area contributed by atoms with E-state index in [2.05, 4.69) is 12.1 Å². The third kappa shape index (κ3) is 1.26. The minimum atomic E-state index is 0.676. The molecule has 1 aliphatic carbocycles. The lowest BCUT2D eigenvalue weighted by molar-refractivity contribution is 0.171. The third-order valence-electron chi connectivity index (χ3n) is 2.61. The zero-order valence-corrected chi connectivity index (χ0v) is 7.45. The smallest absolute Gasteiger partial charge is 0.161 e. The molecule has 0 saturated heterocycles. The summed E-state index contributed by atoms with van der Waals surface area (Å²) in [6, 6.07) is 6.32. The lowest BCUT2D eigenvalue weighted by atomic mass is 10.1. The van der Waals surface area contributed by atoms with Crippen LogP contribution in [0.5, 0.6) is 11.5 Å². The molecule has 3 rings (SSSR count). The lowest BCUT2D eigenvalue weighted by Crippen LogP contribution is -2.15. The molecule has 1 saturated carbocycles. The molecule has 2 aliphatic rings. The fraction of sp³-hybridized carbons (Fsp3) is 0.455. The van der Waals surface area contributed by atoms with E-state index in [0.29, 0.717) is 13.2 Å². The van der Waals surface area contributed by atoms with Gasteiger partial charge in [0.1, 0.15) is 13.2 Å². The Morgan fingerprint density at radius 2 is 1.77 bits per heavy atom. The molecule has 1 heterocycles. The summed E-state index contributed by atoms with van der Waals surface area (Å²) in [6.07, 6.45) is 2.67. The highest BCUT2D eigenvalue weighted by atomic mass is 16.6. The number of ether oxygens (including phenoxy) is 2. The van der Waals surface area contributed by atoms with Crippen molar-refractivity contribution in [3.8, 4) is 11.5 Å². The van der Waals surface area contributed by atoms with Crippen molar-refractivity contribution >= 4 is 0 Å². The molecule has 1 aromatic carbocycles. The Labute approximate surface area is 77.5 Å². The molecule has 1 aliphatic heterocycles. The first kappa shape index (κ1) is 7.25. The van der Waals surface area contributed by atoms with E-state index in [4.69, 9.17) is 9.47 Å². The number of fused-ring (bicyclic) bond motifs is 1.